The van der Waals surface area contributed by atoms with Crippen LogP contribution in [0, 0.1) is 5.92 Å². The summed E-state index contributed by atoms with van der Waals surface area (Å²) in [5.41, 5.74) is 8.97. The van der Waals surface area contributed by atoms with E-state index in [0.717, 1.165) is 12.2 Å². The minimum absolute atomic E-state index is 0.387. The van der Waals surface area contributed by atoms with E-state index in [1.807, 2.05) is 0 Å². The molecule has 2 N–H and O–H groups in total. The minimum Gasteiger partial charge on any atom is -0.496 e. The molecule has 0 amide bonds. The van der Waals surface area contributed by atoms with Crippen LogP contribution in [0.3, 0.4) is 0 Å². The summed E-state index contributed by atoms with van der Waals surface area (Å²) in [6, 6.07) is 7.01. The molecular weight excluding hydrogens is 234 g/mol. The first-order valence-electron chi connectivity index (χ1n) is 7.54. The van der Waals surface area contributed by atoms with Crippen LogP contribution in [0.1, 0.15) is 56.6 Å². The van der Waals surface area contributed by atoms with Crippen LogP contribution in [-0.2, 0) is 6.42 Å². The molecule has 0 radical (unpaired) electrons. The molecule has 19 heavy (non-hydrogen) atoms. The summed E-state index contributed by atoms with van der Waals surface area (Å²) >= 11 is 0. The standard InChI is InChI=1S/C17H27NO/c1-12(2)15-11-13(8-9-17(15)19-3)10-14-6-4-5-7-16(14)18/h8-9,11-12,14,16H,4-7,10,18H2,1-3H3. The van der Waals surface area contributed by atoms with Gasteiger partial charge in [-0.15, -0.1) is 0 Å². The Balaban J connectivity index is 2.14. The van der Waals surface area contributed by atoms with Crippen LogP contribution in [0.5, 0.6) is 5.75 Å². The highest BCUT2D eigenvalue weighted by molar-refractivity contribution is 5.39. The maximum absolute atomic E-state index is 6.26. The highest BCUT2D eigenvalue weighted by Crippen LogP contribution is 2.31. The van der Waals surface area contributed by atoms with Crippen molar-refractivity contribution < 1.29 is 4.74 Å². The summed E-state index contributed by atoms with van der Waals surface area (Å²) in [6.45, 7) is 4.43. The van der Waals surface area contributed by atoms with Crippen LogP contribution in [0.4, 0.5) is 0 Å². The van der Waals surface area contributed by atoms with Crippen LogP contribution < -0.4 is 10.5 Å². The predicted molar refractivity (Wildman–Crippen MR) is 80.7 cm³/mol. The second-order valence-electron chi connectivity index (χ2n) is 6.14. The van der Waals surface area contributed by atoms with Crippen molar-refractivity contribution in [2.24, 2.45) is 11.7 Å². The van der Waals surface area contributed by atoms with Gasteiger partial charge in [0, 0.05) is 6.04 Å². The molecule has 106 valence electrons. The van der Waals surface area contributed by atoms with Gasteiger partial charge in [-0.3, -0.25) is 0 Å². The van der Waals surface area contributed by atoms with Crippen LogP contribution in [0.25, 0.3) is 0 Å². The van der Waals surface area contributed by atoms with Crippen LogP contribution >= 0.6 is 0 Å². The third-order valence-electron chi connectivity index (χ3n) is 4.38. The lowest BCUT2D eigenvalue weighted by Crippen LogP contribution is -2.34. The molecule has 2 rings (SSSR count). The summed E-state index contributed by atoms with van der Waals surface area (Å²) in [6.07, 6.45) is 6.23. The van der Waals surface area contributed by atoms with Crippen molar-refractivity contribution in [1.29, 1.82) is 0 Å². The first-order valence-corrected chi connectivity index (χ1v) is 7.54. The number of hydrogen-bond donors (Lipinski definition) is 1. The van der Waals surface area contributed by atoms with Gasteiger partial charge in [0.05, 0.1) is 7.11 Å². The van der Waals surface area contributed by atoms with Crippen molar-refractivity contribution in [2.45, 2.75) is 57.9 Å². The zero-order valence-electron chi connectivity index (χ0n) is 12.5. The maximum atomic E-state index is 6.26. The zero-order chi connectivity index (χ0) is 13.8. The van der Waals surface area contributed by atoms with E-state index in [4.69, 9.17) is 10.5 Å². The van der Waals surface area contributed by atoms with E-state index in [1.165, 1.54) is 36.8 Å². The fraction of sp³-hybridized carbons (Fsp3) is 0.647. The molecule has 2 unspecified atom stereocenters. The Labute approximate surface area is 117 Å². The first kappa shape index (κ1) is 14.4. The van der Waals surface area contributed by atoms with Crippen molar-refractivity contribution in [1.82, 2.24) is 0 Å². The summed E-state index contributed by atoms with van der Waals surface area (Å²) in [7, 11) is 1.75. The van der Waals surface area contributed by atoms with E-state index >= 15 is 0 Å². The molecule has 1 aliphatic carbocycles. The quantitative estimate of drug-likeness (QED) is 0.892. The molecule has 0 aliphatic heterocycles. The maximum Gasteiger partial charge on any atom is 0.122 e. The Kier molecular flexibility index (Phi) is 4.87. The summed E-state index contributed by atoms with van der Waals surface area (Å²) in [4.78, 5) is 0. The van der Waals surface area contributed by atoms with Crippen molar-refractivity contribution in [3.63, 3.8) is 0 Å². The number of nitrogens with two attached hydrogens (primary N) is 1. The van der Waals surface area contributed by atoms with Gasteiger partial charge in [-0.25, -0.2) is 0 Å². The fourth-order valence-electron chi connectivity index (χ4n) is 3.15. The van der Waals surface area contributed by atoms with Gasteiger partial charge in [0.25, 0.3) is 0 Å². The molecule has 2 nitrogen and oxygen atoms in total. The van der Waals surface area contributed by atoms with Crippen molar-refractivity contribution >= 4 is 0 Å². The third-order valence-corrected chi connectivity index (χ3v) is 4.38. The van der Waals surface area contributed by atoms with Gasteiger partial charge in [0.2, 0.25) is 0 Å². The van der Waals surface area contributed by atoms with Crippen LogP contribution in [0.15, 0.2) is 18.2 Å². The largest absolute Gasteiger partial charge is 0.496 e. The minimum atomic E-state index is 0.387. The van der Waals surface area contributed by atoms with Gasteiger partial charge in [0.15, 0.2) is 0 Å². The van der Waals surface area contributed by atoms with E-state index in [2.05, 4.69) is 32.0 Å². The topological polar surface area (TPSA) is 35.2 Å². The molecule has 1 aromatic rings. The van der Waals surface area contributed by atoms with E-state index in [0.29, 0.717) is 17.9 Å². The number of rotatable bonds is 4. The Morgan fingerprint density at radius 3 is 2.63 bits per heavy atom. The van der Waals surface area contributed by atoms with Gasteiger partial charge in [-0.2, -0.15) is 0 Å². The van der Waals surface area contributed by atoms with E-state index < -0.39 is 0 Å². The lowest BCUT2D eigenvalue weighted by atomic mass is 9.81. The smallest absolute Gasteiger partial charge is 0.122 e. The Morgan fingerprint density at radius 2 is 2.00 bits per heavy atom. The highest BCUT2D eigenvalue weighted by Gasteiger charge is 2.22. The molecule has 2 atom stereocenters. The lowest BCUT2D eigenvalue weighted by molar-refractivity contribution is 0.306. The van der Waals surface area contributed by atoms with Gasteiger partial charge < -0.3 is 10.5 Å². The SMILES string of the molecule is COc1ccc(CC2CCCCC2N)cc1C(C)C. The number of methoxy groups -OCH3 is 1. The van der Waals surface area contributed by atoms with Gasteiger partial charge in [-0.1, -0.05) is 38.8 Å². The Bertz CT molecular complexity index is 414. The van der Waals surface area contributed by atoms with E-state index in [1.54, 1.807) is 7.11 Å². The monoisotopic (exact) mass is 261 g/mol. The second kappa shape index (κ2) is 6.42. The summed E-state index contributed by atoms with van der Waals surface area (Å²) < 4.78 is 5.45. The molecule has 0 aromatic heterocycles. The molecule has 1 aromatic carbocycles. The summed E-state index contributed by atoms with van der Waals surface area (Å²) in [5, 5.41) is 0. The highest BCUT2D eigenvalue weighted by atomic mass is 16.5. The Hall–Kier alpha value is -1.02. The number of hydrogen-bond acceptors (Lipinski definition) is 2. The fourth-order valence-corrected chi connectivity index (χ4v) is 3.15. The molecule has 1 aliphatic rings. The van der Waals surface area contributed by atoms with Crippen molar-refractivity contribution in [2.75, 3.05) is 7.11 Å². The average molecular weight is 261 g/mol. The molecule has 0 heterocycles. The second-order valence-corrected chi connectivity index (χ2v) is 6.14. The van der Waals surface area contributed by atoms with Gasteiger partial charge >= 0.3 is 0 Å². The Morgan fingerprint density at radius 1 is 1.26 bits per heavy atom. The first-order chi connectivity index (χ1) is 9.11. The van der Waals surface area contributed by atoms with Crippen molar-refractivity contribution in [3.05, 3.63) is 29.3 Å². The summed E-state index contributed by atoms with van der Waals surface area (Å²) in [5.74, 6) is 2.16. The molecule has 0 saturated heterocycles. The van der Waals surface area contributed by atoms with E-state index in [-0.39, 0.29) is 0 Å². The molecule has 2 heteroatoms. The molecule has 0 spiro atoms. The van der Waals surface area contributed by atoms with Crippen molar-refractivity contribution in [3.8, 4) is 5.75 Å². The van der Waals surface area contributed by atoms with Gasteiger partial charge in [-0.05, 0) is 48.3 Å². The number of benzene rings is 1. The molecule has 1 saturated carbocycles. The molecule has 0 bridgehead atoms. The molecule has 1 fully saturated rings. The zero-order valence-corrected chi connectivity index (χ0v) is 12.5. The van der Waals surface area contributed by atoms with Crippen LogP contribution in [-0.4, -0.2) is 13.2 Å². The van der Waals surface area contributed by atoms with E-state index in [9.17, 15) is 0 Å². The number of ether oxygens (including phenoxy) is 1. The predicted octanol–water partition coefficient (Wildman–Crippen LogP) is 3.88. The average Bonchev–Trinajstić information content (AvgIpc) is 2.41. The van der Waals surface area contributed by atoms with Crippen LogP contribution in [0.2, 0.25) is 0 Å². The normalized spacial score (nSPS) is 23.6. The lowest BCUT2D eigenvalue weighted by Gasteiger charge is -2.29. The molecular formula is C17H27NO. The third kappa shape index (κ3) is 3.50. The van der Waals surface area contributed by atoms with Gasteiger partial charge in [0.1, 0.15) is 5.75 Å².